The predicted octanol–water partition coefficient (Wildman–Crippen LogP) is 2.46. The highest BCUT2D eigenvalue weighted by Crippen LogP contribution is 2.33. The summed E-state index contributed by atoms with van der Waals surface area (Å²) in [6, 6.07) is 9.33. The minimum atomic E-state index is -0.0759. The van der Waals surface area contributed by atoms with Gasteiger partial charge in [-0.2, -0.15) is 0 Å². The maximum absolute atomic E-state index is 12.2. The number of benzene rings is 1. The number of nitrogen functional groups attached to an aromatic ring is 1. The second-order valence-corrected chi connectivity index (χ2v) is 4.44. The molecule has 96 valence electrons. The van der Waals surface area contributed by atoms with E-state index < -0.39 is 0 Å². The van der Waals surface area contributed by atoms with E-state index in [1.165, 1.54) is 6.08 Å². The molecule has 0 bridgehead atoms. The van der Waals surface area contributed by atoms with Gasteiger partial charge in [-0.3, -0.25) is 4.79 Å². The molecule has 3 rings (SSSR count). The summed E-state index contributed by atoms with van der Waals surface area (Å²) in [6.07, 6.45) is 5.60. The molecule has 4 nitrogen and oxygen atoms in total. The molecule has 0 unspecified atom stereocenters. The van der Waals surface area contributed by atoms with Crippen LogP contribution >= 0.6 is 0 Å². The molecule has 0 aliphatic carbocycles. The zero-order valence-electron chi connectivity index (χ0n) is 10.4. The summed E-state index contributed by atoms with van der Waals surface area (Å²) in [5.74, 6) is 0.585. The van der Waals surface area contributed by atoms with Crippen molar-refractivity contribution >= 4 is 23.4 Å². The van der Waals surface area contributed by atoms with Crippen molar-refractivity contribution in [2.45, 2.75) is 6.42 Å². The third kappa shape index (κ3) is 2.12. The lowest BCUT2D eigenvalue weighted by Gasteiger charge is -2.16. The van der Waals surface area contributed by atoms with E-state index >= 15 is 0 Å². The number of para-hydroxylation sites is 1. The molecule has 1 aliphatic heterocycles. The van der Waals surface area contributed by atoms with E-state index in [-0.39, 0.29) is 5.91 Å². The van der Waals surface area contributed by atoms with Crippen LogP contribution < -0.4 is 10.6 Å². The van der Waals surface area contributed by atoms with Crippen molar-refractivity contribution in [3.8, 4) is 0 Å². The Labute approximate surface area is 111 Å². The fourth-order valence-electron chi connectivity index (χ4n) is 2.34. The Morgan fingerprint density at radius 2 is 2.21 bits per heavy atom. The van der Waals surface area contributed by atoms with Crippen molar-refractivity contribution < 1.29 is 9.21 Å². The number of hydrogen-bond acceptors (Lipinski definition) is 3. The van der Waals surface area contributed by atoms with Crippen molar-refractivity contribution in [1.82, 2.24) is 0 Å². The quantitative estimate of drug-likeness (QED) is 0.661. The predicted molar refractivity (Wildman–Crippen MR) is 74.7 cm³/mol. The van der Waals surface area contributed by atoms with Gasteiger partial charge in [0, 0.05) is 12.6 Å². The summed E-state index contributed by atoms with van der Waals surface area (Å²) in [4.78, 5) is 13.9. The summed E-state index contributed by atoms with van der Waals surface area (Å²) >= 11 is 0. The van der Waals surface area contributed by atoms with Crippen LogP contribution in [0.5, 0.6) is 0 Å². The molecular formula is C15H14N2O2. The number of rotatable bonds is 2. The average Bonchev–Trinajstić information content (AvgIpc) is 3.05. The van der Waals surface area contributed by atoms with E-state index in [1.807, 2.05) is 18.2 Å². The number of carbonyl (C=O) groups excluding carboxylic acids is 1. The molecule has 0 saturated carbocycles. The van der Waals surface area contributed by atoms with Crippen LogP contribution in [0.3, 0.4) is 0 Å². The van der Waals surface area contributed by atoms with Crippen LogP contribution in [0, 0.1) is 0 Å². The number of fused-ring (bicyclic) bond motifs is 1. The topological polar surface area (TPSA) is 59.5 Å². The van der Waals surface area contributed by atoms with Crippen LogP contribution in [0.2, 0.25) is 0 Å². The standard InChI is InChI=1S/C15H14N2O2/c16-13-5-1-3-11-8-9-17(15(11)13)14(18)7-6-12-4-2-10-19-12/h1-7,10H,8-9,16H2/b7-6+. The lowest BCUT2D eigenvalue weighted by atomic mass is 10.1. The third-order valence-corrected chi connectivity index (χ3v) is 3.22. The minimum Gasteiger partial charge on any atom is -0.465 e. The van der Waals surface area contributed by atoms with Gasteiger partial charge in [-0.25, -0.2) is 0 Å². The van der Waals surface area contributed by atoms with Gasteiger partial charge in [-0.15, -0.1) is 0 Å². The number of nitrogens with zero attached hydrogens (tertiary/aromatic N) is 1. The van der Waals surface area contributed by atoms with E-state index in [0.717, 1.165) is 17.7 Å². The first-order chi connectivity index (χ1) is 9.25. The smallest absolute Gasteiger partial charge is 0.251 e. The molecule has 2 heterocycles. The van der Waals surface area contributed by atoms with Crippen molar-refractivity contribution in [3.05, 3.63) is 54.0 Å². The van der Waals surface area contributed by atoms with E-state index in [0.29, 0.717) is 18.0 Å². The molecule has 2 N–H and O–H groups in total. The molecule has 0 spiro atoms. The Bertz CT molecular complexity index is 630. The maximum Gasteiger partial charge on any atom is 0.251 e. The highest BCUT2D eigenvalue weighted by Gasteiger charge is 2.24. The number of amides is 1. The highest BCUT2D eigenvalue weighted by atomic mass is 16.3. The second-order valence-electron chi connectivity index (χ2n) is 4.44. The normalized spacial score (nSPS) is 14.0. The Hall–Kier alpha value is -2.49. The van der Waals surface area contributed by atoms with E-state index in [9.17, 15) is 4.79 Å². The summed E-state index contributed by atoms with van der Waals surface area (Å²) in [7, 11) is 0. The van der Waals surface area contributed by atoms with Crippen molar-refractivity contribution in [2.24, 2.45) is 0 Å². The van der Waals surface area contributed by atoms with Gasteiger partial charge in [-0.1, -0.05) is 12.1 Å². The molecule has 1 amide bonds. The Balaban J connectivity index is 1.84. The van der Waals surface area contributed by atoms with Crippen LogP contribution in [0.15, 0.2) is 47.1 Å². The molecule has 1 aromatic carbocycles. The van der Waals surface area contributed by atoms with Crippen LogP contribution in [0.1, 0.15) is 11.3 Å². The van der Waals surface area contributed by atoms with Gasteiger partial charge in [0.1, 0.15) is 5.76 Å². The molecule has 19 heavy (non-hydrogen) atoms. The first-order valence-corrected chi connectivity index (χ1v) is 6.16. The highest BCUT2D eigenvalue weighted by molar-refractivity contribution is 6.06. The largest absolute Gasteiger partial charge is 0.465 e. The number of furan rings is 1. The van der Waals surface area contributed by atoms with Crippen LogP contribution in [-0.2, 0) is 11.2 Å². The third-order valence-electron chi connectivity index (χ3n) is 3.22. The first kappa shape index (κ1) is 11.6. The van der Waals surface area contributed by atoms with Crippen LogP contribution in [-0.4, -0.2) is 12.5 Å². The Morgan fingerprint density at radius 1 is 1.32 bits per heavy atom. The zero-order valence-corrected chi connectivity index (χ0v) is 10.4. The SMILES string of the molecule is Nc1cccc2c1N(C(=O)/C=C/c1ccco1)CC2. The van der Waals surface area contributed by atoms with E-state index in [1.54, 1.807) is 29.4 Å². The molecule has 0 atom stereocenters. The number of nitrogens with two attached hydrogens (primary N) is 1. The fraction of sp³-hybridized carbons (Fsp3) is 0.133. The van der Waals surface area contributed by atoms with Crippen molar-refractivity contribution in [3.63, 3.8) is 0 Å². The first-order valence-electron chi connectivity index (χ1n) is 6.16. The maximum atomic E-state index is 12.2. The average molecular weight is 254 g/mol. The molecule has 0 radical (unpaired) electrons. The summed E-state index contributed by atoms with van der Waals surface area (Å²) in [5, 5.41) is 0. The molecule has 1 aliphatic rings. The van der Waals surface area contributed by atoms with Crippen LogP contribution in [0.25, 0.3) is 6.08 Å². The van der Waals surface area contributed by atoms with Gasteiger partial charge in [0.2, 0.25) is 0 Å². The van der Waals surface area contributed by atoms with Crippen LogP contribution in [0.4, 0.5) is 11.4 Å². The molecule has 2 aromatic rings. The van der Waals surface area contributed by atoms with Gasteiger partial charge in [0.05, 0.1) is 17.6 Å². The Morgan fingerprint density at radius 3 is 3.00 bits per heavy atom. The zero-order chi connectivity index (χ0) is 13.2. The van der Waals surface area contributed by atoms with Gasteiger partial charge >= 0.3 is 0 Å². The van der Waals surface area contributed by atoms with Gasteiger partial charge in [0.25, 0.3) is 5.91 Å². The summed E-state index contributed by atoms with van der Waals surface area (Å²) in [5.41, 5.74) is 8.57. The van der Waals surface area contributed by atoms with E-state index in [2.05, 4.69) is 0 Å². The summed E-state index contributed by atoms with van der Waals surface area (Å²) in [6.45, 7) is 0.672. The van der Waals surface area contributed by atoms with Gasteiger partial charge in [0.15, 0.2) is 0 Å². The molecular weight excluding hydrogens is 240 g/mol. The monoisotopic (exact) mass is 254 g/mol. The van der Waals surface area contributed by atoms with E-state index in [4.69, 9.17) is 10.2 Å². The minimum absolute atomic E-state index is 0.0759. The fourth-order valence-corrected chi connectivity index (χ4v) is 2.34. The van der Waals surface area contributed by atoms with Gasteiger partial charge in [-0.05, 0) is 36.3 Å². The number of anilines is 2. The Kier molecular flexibility index (Phi) is 2.83. The van der Waals surface area contributed by atoms with Crippen molar-refractivity contribution in [2.75, 3.05) is 17.2 Å². The molecule has 0 saturated heterocycles. The number of hydrogen-bond donors (Lipinski definition) is 1. The molecule has 4 heteroatoms. The lowest BCUT2D eigenvalue weighted by Crippen LogP contribution is -2.27. The van der Waals surface area contributed by atoms with Crippen molar-refractivity contribution in [1.29, 1.82) is 0 Å². The summed E-state index contributed by atoms with van der Waals surface area (Å²) < 4.78 is 5.16. The number of carbonyl (C=O) groups is 1. The lowest BCUT2D eigenvalue weighted by molar-refractivity contribution is -0.114. The molecule has 1 aromatic heterocycles. The molecule has 0 fully saturated rings. The van der Waals surface area contributed by atoms with Gasteiger partial charge < -0.3 is 15.1 Å². The second kappa shape index (κ2) is 4.65.